The number of hydrogen-bond donors (Lipinski definition) is 2. The number of hydrogen-bond acceptors (Lipinski definition) is 4. The monoisotopic (exact) mass is 297 g/mol. The van der Waals surface area contributed by atoms with Gasteiger partial charge in [0.2, 0.25) is 0 Å². The zero-order valence-corrected chi connectivity index (χ0v) is 11.8. The van der Waals surface area contributed by atoms with Gasteiger partial charge in [-0.1, -0.05) is 24.3 Å². The predicted molar refractivity (Wildman–Crippen MR) is 80.5 cm³/mol. The van der Waals surface area contributed by atoms with E-state index in [-0.39, 0.29) is 5.56 Å². The molecule has 1 unspecified atom stereocenters. The second kappa shape index (κ2) is 5.48. The number of benzene rings is 1. The van der Waals surface area contributed by atoms with Crippen LogP contribution in [0.3, 0.4) is 0 Å². The number of primary amides is 1. The Hall–Kier alpha value is -2.89. The molecule has 1 aliphatic rings. The number of carboxylic acid groups (broad SMARTS) is 1. The highest BCUT2D eigenvalue weighted by Gasteiger charge is 2.33. The summed E-state index contributed by atoms with van der Waals surface area (Å²) in [6.07, 6.45) is 1.89. The summed E-state index contributed by atoms with van der Waals surface area (Å²) in [6.45, 7) is 0.379. The number of carboxylic acids is 1. The Morgan fingerprint density at radius 2 is 1.91 bits per heavy atom. The van der Waals surface area contributed by atoms with Gasteiger partial charge in [0.15, 0.2) is 0 Å². The van der Waals surface area contributed by atoms with Crippen LogP contribution in [0, 0.1) is 0 Å². The van der Waals surface area contributed by atoms with Crippen LogP contribution >= 0.6 is 0 Å². The molecule has 0 spiro atoms. The van der Waals surface area contributed by atoms with Gasteiger partial charge in [0.25, 0.3) is 5.91 Å². The number of aliphatic carboxylic acids is 1. The van der Waals surface area contributed by atoms with E-state index in [2.05, 4.69) is 4.98 Å². The van der Waals surface area contributed by atoms with E-state index in [0.717, 1.165) is 11.1 Å². The minimum atomic E-state index is -0.949. The zero-order chi connectivity index (χ0) is 15.7. The van der Waals surface area contributed by atoms with E-state index in [1.165, 1.54) is 6.20 Å². The molecule has 112 valence electrons. The van der Waals surface area contributed by atoms with E-state index in [9.17, 15) is 14.7 Å². The molecule has 3 N–H and O–H groups in total. The van der Waals surface area contributed by atoms with Gasteiger partial charge in [0.05, 0.1) is 5.56 Å². The van der Waals surface area contributed by atoms with Gasteiger partial charge >= 0.3 is 5.97 Å². The van der Waals surface area contributed by atoms with Crippen molar-refractivity contribution in [2.24, 2.45) is 5.73 Å². The van der Waals surface area contributed by atoms with Crippen LogP contribution < -0.4 is 10.6 Å². The summed E-state index contributed by atoms with van der Waals surface area (Å²) in [6, 6.07) is 10.1. The Morgan fingerprint density at radius 3 is 2.59 bits per heavy atom. The van der Waals surface area contributed by atoms with Crippen LogP contribution in [0.15, 0.2) is 42.6 Å². The number of pyridine rings is 1. The van der Waals surface area contributed by atoms with Crippen LogP contribution in [0.5, 0.6) is 0 Å². The maximum Gasteiger partial charge on any atom is 0.326 e. The molecule has 0 radical (unpaired) electrons. The number of anilines is 1. The van der Waals surface area contributed by atoms with Gasteiger partial charge in [-0.25, -0.2) is 9.78 Å². The highest BCUT2D eigenvalue weighted by atomic mass is 16.4. The van der Waals surface area contributed by atoms with E-state index in [1.807, 2.05) is 24.3 Å². The molecule has 6 heteroatoms. The molecule has 1 aromatic carbocycles. The van der Waals surface area contributed by atoms with Crippen molar-refractivity contribution in [2.45, 2.75) is 19.0 Å². The zero-order valence-electron chi connectivity index (χ0n) is 11.8. The topological polar surface area (TPSA) is 96.5 Å². The molecular weight excluding hydrogens is 282 g/mol. The number of carbonyl (C=O) groups excluding carboxylic acids is 1. The lowest BCUT2D eigenvalue weighted by Gasteiger charge is -2.36. The number of nitrogens with zero attached hydrogens (tertiary/aromatic N) is 2. The fourth-order valence-electron chi connectivity index (χ4n) is 2.78. The minimum Gasteiger partial charge on any atom is -0.480 e. The lowest BCUT2D eigenvalue weighted by atomic mass is 9.93. The van der Waals surface area contributed by atoms with Crippen LogP contribution in [0.2, 0.25) is 0 Å². The Kier molecular flexibility index (Phi) is 3.50. The van der Waals surface area contributed by atoms with Crippen LogP contribution in [0.4, 0.5) is 5.82 Å². The first-order valence-electron chi connectivity index (χ1n) is 6.89. The summed E-state index contributed by atoms with van der Waals surface area (Å²) in [7, 11) is 0. The van der Waals surface area contributed by atoms with Crippen molar-refractivity contribution >= 4 is 17.7 Å². The fourth-order valence-corrected chi connectivity index (χ4v) is 2.78. The number of carbonyl (C=O) groups is 2. The van der Waals surface area contributed by atoms with Crippen molar-refractivity contribution in [3.05, 3.63) is 59.3 Å². The van der Waals surface area contributed by atoms with Crippen molar-refractivity contribution in [1.82, 2.24) is 4.98 Å². The SMILES string of the molecule is NC(=O)c1cccnc1N1Cc2ccccc2CC1C(=O)O. The molecule has 0 saturated carbocycles. The third kappa shape index (κ3) is 2.39. The molecule has 22 heavy (non-hydrogen) atoms. The van der Waals surface area contributed by atoms with E-state index >= 15 is 0 Å². The average molecular weight is 297 g/mol. The van der Waals surface area contributed by atoms with Gasteiger partial charge in [-0.2, -0.15) is 0 Å². The third-order valence-corrected chi connectivity index (χ3v) is 3.86. The first kappa shape index (κ1) is 14.1. The molecule has 2 aromatic rings. The lowest BCUT2D eigenvalue weighted by molar-refractivity contribution is -0.138. The van der Waals surface area contributed by atoms with E-state index < -0.39 is 17.9 Å². The number of nitrogens with two attached hydrogens (primary N) is 1. The van der Waals surface area contributed by atoms with Gasteiger partial charge < -0.3 is 15.7 Å². The summed E-state index contributed by atoms with van der Waals surface area (Å²) in [5, 5.41) is 9.54. The van der Waals surface area contributed by atoms with Crippen molar-refractivity contribution in [3.8, 4) is 0 Å². The second-order valence-electron chi connectivity index (χ2n) is 5.19. The van der Waals surface area contributed by atoms with E-state index in [4.69, 9.17) is 5.73 Å². The standard InChI is InChI=1S/C16H15N3O3/c17-14(20)12-6-3-7-18-15(12)19-9-11-5-2-1-4-10(11)8-13(19)16(21)22/h1-7,13H,8-9H2,(H2,17,20)(H,21,22). The van der Waals surface area contributed by atoms with E-state index in [0.29, 0.717) is 18.8 Å². The lowest BCUT2D eigenvalue weighted by Crippen LogP contribution is -2.46. The van der Waals surface area contributed by atoms with Gasteiger partial charge in [-0.05, 0) is 23.3 Å². The maximum atomic E-state index is 11.6. The van der Waals surface area contributed by atoms with Gasteiger partial charge in [0.1, 0.15) is 11.9 Å². The Labute approximate surface area is 127 Å². The highest BCUT2D eigenvalue weighted by molar-refractivity contribution is 5.98. The van der Waals surface area contributed by atoms with Crippen LogP contribution in [-0.2, 0) is 17.8 Å². The Balaban J connectivity index is 2.09. The normalized spacial score (nSPS) is 16.9. The first-order chi connectivity index (χ1) is 10.6. The molecule has 0 bridgehead atoms. The van der Waals surface area contributed by atoms with Gasteiger partial charge in [-0.3, -0.25) is 4.79 Å². The molecule has 1 amide bonds. The molecule has 3 rings (SSSR count). The van der Waals surface area contributed by atoms with Crippen LogP contribution in [-0.4, -0.2) is 28.0 Å². The molecule has 1 aliphatic heterocycles. The smallest absolute Gasteiger partial charge is 0.326 e. The molecule has 1 atom stereocenters. The maximum absolute atomic E-state index is 11.6. The van der Waals surface area contributed by atoms with Crippen molar-refractivity contribution in [1.29, 1.82) is 0 Å². The summed E-state index contributed by atoms with van der Waals surface area (Å²) in [5.41, 5.74) is 7.65. The number of fused-ring (bicyclic) bond motifs is 1. The summed E-state index contributed by atoms with van der Waals surface area (Å²) >= 11 is 0. The quantitative estimate of drug-likeness (QED) is 0.887. The molecular formula is C16H15N3O3. The average Bonchev–Trinajstić information content (AvgIpc) is 2.53. The summed E-state index contributed by atoms with van der Waals surface area (Å²) in [5.74, 6) is -1.25. The van der Waals surface area contributed by atoms with Crippen molar-refractivity contribution < 1.29 is 14.7 Å². The summed E-state index contributed by atoms with van der Waals surface area (Å²) in [4.78, 5) is 29.1. The van der Waals surface area contributed by atoms with E-state index in [1.54, 1.807) is 17.0 Å². The van der Waals surface area contributed by atoms with Gasteiger partial charge in [0, 0.05) is 19.2 Å². The molecule has 0 saturated heterocycles. The molecule has 0 fully saturated rings. The van der Waals surface area contributed by atoms with Crippen molar-refractivity contribution in [2.75, 3.05) is 4.90 Å². The van der Waals surface area contributed by atoms with Crippen LogP contribution in [0.25, 0.3) is 0 Å². The fraction of sp³-hybridized carbons (Fsp3) is 0.188. The molecule has 6 nitrogen and oxygen atoms in total. The summed E-state index contributed by atoms with van der Waals surface area (Å²) < 4.78 is 0. The molecule has 1 aromatic heterocycles. The van der Waals surface area contributed by atoms with Crippen molar-refractivity contribution in [3.63, 3.8) is 0 Å². The molecule has 0 aliphatic carbocycles. The second-order valence-corrected chi connectivity index (χ2v) is 5.19. The third-order valence-electron chi connectivity index (χ3n) is 3.86. The molecule has 2 heterocycles. The van der Waals surface area contributed by atoms with Crippen LogP contribution in [0.1, 0.15) is 21.5 Å². The number of amides is 1. The predicted octanol–water partition coefficient (Wildman–Crippen LogP) is 1.20. The minimum absolute atomic E-state index is 0.230. The number of rotatable bonds is 3. The van der Waals surface area contributed by atoms with Gasteiger partial charge in [-0.15, -0.1) is 0 Å². The Bertz CT molecular complexity index is 745. The first-order valence-corrected chi connectivity index (χ1v) is 6.89. The largest absolute Gasteiger partial charge is 0.480 e. The highest BCUT2D eigenvalue weighted by Crippen LogP contribution is 2.29. The number of aromatic nitrogens is 1. The Morgan fingerprint density at radius 1 is 1.18 bits per heavy atom.